The number of pyridine rings is 1. The molecule has 4 heteroatoms. The third kappa shape index (κ3) is 9.80. The molecule has 0 spiro atoms. The lowest BCUT2D eigenvalue weighted by Gasteiger charge is -2.44. The van der Waals surface area contributed by atoms with E-state index < -0.39 is 0 Å². The molecule has 3 nitrogen and oxygen atoms in total. The molecule has 75 heavy (non-hydrogen) atoms. The highest BCUT2D eigenvalue weighted by atomic mass is 15.2. The molecule has 382 valence electrons. The molecular formula is C71H80BN3. The van der Waals surface area contributed by atoms with Crippen LogP contribution < -0.4 is 26.2 Å². The first-order valence-corrected chi connectivity index (χ1v) is 27.5. The van der Waals surface area contributed by atoms with Crippen molar-refractivity contribution in [3.63, 3.8) is 0 Å². The molecule has 0 bridgehead atoms. The van der Waals surface area contributed by atoms with E-state index in [1.165, 1.54) is 78.1 Å². The zero-order chi connectivity index (χ0) is 53.9. The van der Waals surface area contributed by atoms with Crippen LogP contribution in [0.15, 0.2) is 158 Å². The van der Waals surface area contributed by atoms with Gasteiger partial charge in [0.1, 0.15) is 0 Å². The second-order valence-corrected chi connectivity index (χ2v) is 28.0. The summed E-state index contributed by atoms with van der Waals surface area (Å²) in [5.41, 5.74) is 25.1. The van der Waals surface area contributed by atoms with Crippen molar-refractivity contribution in [3.8, 4) is 33.6 Å². The highest BCUT2D eigenvalue weighted by molar-refractivity contribution is 7.00. The molecule has 3 heterocycles. The van der Waals surface area contributed by atoms with E-state index in [1.54, 1.807) is 0 Å². The number of benzene rings is 7. The van der Waals surface area contributed by atoms with E-state index >= 15 is 0 Å². The van der Waals surface area contributed by atoms with E-state index in [4.69, 9.17) is 4.98 Å². The lowest BCUT2D eigenvalue weighted by atomic mass is 9.33. The monoisotopic (exact) mass is 986 g/mol. The highest BCUT2D eigenvalue weighted by Gasteiger charge is 2.44. The number of fused-ring (bicyclic) bond motifs is 4. The lowest BCUT2D eigenvalue weighted by molar-refractivity contribution is 0.568. The summed E-state index contributed by atoms with van der Waals surface area (Å²) in [5.74, 6) is 0. The molecular weight excluding hydrogens is 906 g/mol. The van der Waals surface area contributed by atoms with Gasteiger partial charge in [-0.3, -0.25) is 0 Å². The maximum absolute atomic E-state index is 5.87. The standard InChI is InChI=1S/C71H80BN3/c1-66(2,3)49-27-31-55(32-28-49)74-61-25-21-19-23-57(61)72-58-24-20-22-26-62(58)75(56-33-29-50(30-34-56)67(4,5)6)64-42-48(41-63(74)65(64)72)60-40-46(45-35-51(68(7,8)9)43-52(36-45)69(10,11)12)39-59(73-60)47-37-53(70(13,14)15)44-54(38-47)71(16,17)18/h19-44H,1-18H3. The van der Waals surface area contributed by atoms with Gasteiger partial charge in [0.2, 0.25) is 0 Å². The topological polar surface area (TPSA) is 19.4 Å². The Morgan fingerprint density at radius 1 is 0.293 bits per heavy atom. The molecule has 0 saturated carbocycles. The third-order valence-electron chi connectivity index (χ3n) is 15.9. The van der Waals surface area contributed by atoms with Gasteiger partial charge in [-0.1, -0.05) is 210 Å². The lowest BCUT2D eigenvalue weighted by Crippen LogP contribution is -2.61. The molecule has 2 aliphatic heterocycles. The smallest absolute Gasteiger partial charge is 0.252 e. The van der Waals surface area contributed by atoms with Crippen LogP contribution in [-0.2, 0) is 32.5 Å². The zero-order valence-corrected chi connectivity index (χ0v) is 48.4. The molecule has 8 aromatic rings. The highest BCUT2D eigenvalue weighted by Crippen LogP contribution is 2.48. The van der Waals surface area contributed by atoms with Crippen LogP contribution >= 0.6 is 0 Å². The molecule has 0 aliphatic carbocycles. The van der Waals surface area contributed by atoms with Gasteiger partial charge in [0.25, 0.3) is 6.71 Å². The maximum Gasteiger partial charge on any atom is 0.252 e. The van der Waals surface area contributed by atoms with Crippen molar-refractivity contribution in [2.45, 2.75) is 157 Å². The van der Waals surface area contributed by atoms with Crippen LogP contribution in [0.2, 0.25) is 0 Å². The molecule has 7 aromatic carbocycles. The maximum atomic E-state index is 5.87. The fourth-order valence-corrected chi connectivity index (χ4v) is 11.1. The van der Waals surface area contributed by atoms with Crippen molar-refractivity contribution in [2.24, 2.45) is 0 Å². The van der Waals surface area contributed by atoms with Crippen LogP contribution in [0.3, 0.4) is 0 Å². The molecule has 0 N–H and O–H groups in total. The summed E-state index contributed by atoms with van der Waals surface area (Å²) in [4.78, 5) is 10.9. The summed E-state index contributed by atoms with van der Waals surface area (Å²) in [6.45, 7) is 41.7. The van der Waals surface area contributed by atoms with Gasteiger partial charge in [0.05, 0.1) is 11.4 Å². The Morgan fingerprint density at radius 3 is 0.947 bits per heavy atom. The van der Waals surface area contributed by atoms with Gasteiger partial charge in [-0.15, -0.1) is 0 Å². The van der Waals surface area contributed by atoms with E-state index in [9.17, 15) is 0 Å². The summed E-state index contributed by atoms with van der Waals surface area (Å²) in [5, 5.41) is 0. The van der Waals surface area contributed by atoms with Crippen molar-refractivity contribution >= 4 is 57.2 Å². The fourth-order valence-electron chi connectivity index (χ4n) is 11.1. The summed E-state index contributed by atoms with van der Waals surface area (Å²) >= 11 is 0. The molecule has 1 aromatic heterocycles. The minimum absolute atomic E-state index is 0.00779. The van der Waals surface area contributed by atoms with E-state index in [-0.39, 0.29) is 39.2 Å². The van der Waals surface area contributed by atoms with Crippen molar-refractivity contribution in [1.82, 2.24) is 4.98 Å². The van der Waals surface area contributed by atoms with Crippen LogP contribution in [0, 0.1) is 0 Å². The minimum atomic E-state index is -0.0630. The first-order chi connectivity index (χ1) is 34.9. The number of rotatable bonds is 5. The van der Waals surface area contributed by atoms with Crippen molar-refractivity contribution in [3.05, 3.63) is 191 Å². The van der Waals surface area contributed by atoms with Crippen LogP contribution in [-0.4, -0.2) is 11.7 Å². The Labute approximate surface area is 451 Å². The van der Waals surface area contributed by atoms with Gasteiger partial charge in [0, 0.05) is 45.3 Å². The number of nitrogens with zero attached hydrogens (tertiary/aromatic N) is 3. The quantitative estimate of drug-likeness (QED) is 0.160. The van der Waals surface area contributed by atoms with E-state index in [1.807, 2.05) is 0 Å². The van der Waals surface area contributed by atoms with Gasteiger partial charge in [-0.2, -0.15) is 0 Å². The van der Waals surface area contributed by atoms with Gasteiger partial charge < -0.3 is 9.80 Å². The van der Waals surface area contributed by atoms with Crippen molar-refractivity contribution in [1.29, 1.82) is 0 Å². The normalized spacial score (nSPS) is 13.9. The largest absolute Gasteiger partial charge is 0.311 e. The number of anilines is 6. The SMILES string of the molecule is CC(C)(C)c1ccc(N2c3ccccc3B3c4ccccc4N(c4ccc(C(C)(C)C)cc4)c4cc(-c5cc(-c6cc(C(C)(C)C)cc(C(C)(C)C)c6)cc(-c6cc(C(C)(C)C)cc(C(C)(C)C)c6)n5)cc2c43)cc1. The summed E-state index contributed by atoms with van der Waals surface area (Å²) < 4.78 is 0. The Morgan fingerprint density at radius 2 is 0.600 bits per heavy atom. The average Bonchev–Trinajstić information content (AvgIpc) is 3.34. The molecule has 0 fully saturated rings. The molecule has 2 aliphatic rings. The van der Waals surface area contributed by atoms with E-state index in [2.05, 4.69) is 292 Å². The second-order valence-electron chi connectivity index (χ2n) is 28.0. The Hall–Kier alpha value is -6.65. The number of hydrogen-bond acceptors (Lipinski definition) is 3. The predicted octanol–water partition coefficient (Wildman–Crippen LogP) is 18.0. The van der Waals surface area contributed by atoms with E-state index in [0.29, 0.717) is 0 Å². The Kier molecular flexibility index (Phi) is 12.4. The predicted molar refractivity (Wildman–Crippen MR) is 327 cm³/mol. The minimum Gasteiger partial charge on any atom is -0.311 e. The molecule has 0 amide bonds. The summed E-state index contributed by atoms with van der Waals surface area (Å²) in [7, 11) is 0. The summed E-state index contributed by atoms with van der Waals surface area (Å²) in [6, 6.07) is 61.0. The number of para-hydroxylation sites is 2. The van der Waals surface area contributed by atoms with Gasteiger partial charge >= 0.3 is 0 Å². The first kappa shape index (κ1) is 51.8. The van der Waals surface area contributed by atoms with Crippen molar-refractivity contribution in [2.75, 3.05) is 9.80 Å². The van der Waals surface area contributed by atoms with Crippen molar-refractivity contribution < 1.29 is 0 Å². The fraction of sp³-hybridized carbons (Fsp3) is 0.338. The van der Waals surface area contributed by atoms with Gasteiger partial charge in [0.15, 0.2) is 0 Å². The van der Waals surface area contributed by atoms with Crippen LogP contribution in [0.25, 0.3) is 33.6 Å². The molecule has 0 unspecified atom stereocenters. The molecule has 0 saturated heterocycles. The third-order valence-corrected chi connectivity index (χ3v) is 15.9. The molecule has 10 rings (SSSR count). The van der Waals surface area contributed by atoms with Crippen LogP contribution in [0.1, 0.15) is 158 Å². The molecule has 0 radical (unpaired) electrons. The molecule has 0 atom stereocenters. The zero-order valence-electron chi connectivity index (χ0n) is 48.4. The van der Waals surface area contributed by atoms with Gasteiger partial charge in [-0.05, 0) is 166 Å². The second kappa shape index (κ2) is 18.0. The van der Waals surface area contributed by atoms with Crippen LogP contribution in [0.5, 0.6) is 0 Å². The number of hydrogen-bond donors (Lipinski definition) is 0. The Balaban J connectivity index is 1.32. The average molecular weight is 986 g/mol. The van der Waals surface area contributed by atoms with Crippen LogP contribution in [0.4, 0.5) is 34.1 Å². The first-order valence-electron chi connectivity index (χ1n) is 27.5. The summed E-state index contributed by atoms with van der Waals surface area (Å²) in [6.07, 6.45) is 0. The Bertz CT molecular complexity index is 3190. The van der Waals surface area contributed by atoms with Gasteiger partial charge in [-0.25, -0.2) is 4.98 Å². The number of aromatic nitrogens is 1. The van der Waals surface area contributed by atoms with E-state index in [0.717, 1.165) is 39.5 Å².